The minimum atomic E-state index is 0.878. The van der Waals surface area contributed by atoms with Crippen molar-refractivity contribution in [1.29, 1.82) is 0 Å². The van der Waals surface area contributed by atoms with E-state index in [4.69, 9.17) is 29.9 Å². The Kier molecular flexibility index (Phi) is 8.41. The maximum absolute atomic E-state index is 5.24. The fraction of sp³-hybridized carbons (Fsp3) is 0.240. The van der Waals surface area contributed by atoms with Crippen LogP contribution in [0, 0.1) is 0 Å². The largest absolute Gasteiger partial charge is 0.342 e. The molecule has 294 valence electrons. The smallest absolute Gasteiger partial charge is 0.202 e. The predicted octanol–water partition coefficient (Wildman–Crippen LogP) is 9.42. The Bertz CT molecular complexity index is 2820. The fourth-order valence-electron chi connectivity index (χ4n) is 9.49. The zero-order chi connectivity index (χ0) is 39.6. The van der Waals surface area contributed by atoms with Gasteiger partial charge in [-0.1, -0.05) is 84.9 Å². The zero-order valence-electron chi connectivity index (χ0n) is 33.5. The molecule has 4 aliphatic rings. The molecule has 0 N–H and O–H groups in total. The van der Waals surface area contributed by atoms with Crippen molar-refractivity contribution in [3.05, 3.63) is 121 Å². The lowest BCUT2D eigenvalue weighted by Gasteiger charge is -2.40. The van der Waals surface area contributed by atoms with Gasteiger partial charge in [0.25, 0.3) is 0 Å². The third-order valence-electron chi connectivity index (χ3n) is 12.6. The molecule has 0 atom stereocenters. The van der Waals surface area contributed by atoms with Gasteiger partial charge >= 0.3 is 0 Å². The number of hydrogen-bond acceptors (Lipinski definition) is 10. The first-order valence-corrected chi connectivity index (χ1v) is 21.5. The second kappa shape index (κ2) is 14.4. The number of hydrogen-bond donors (Lipinski definition) is 0. The van der Waals surface area contributed by atoms with E-state index in [1.165, 1.54) is 0 Å². The number of pyridine rings is 4. The van der Waals surface area contributed by atoms with Crippen molar-refractivity contribution in [2.75, 3.05) is 62.2 Å². The van der Waals surface area contributed by atoms with Crippen LogP contribution in [0.1, 0.15) is 25.7 Å². The van der Waals surface area contributed by atoms with E-state index in [0.29, 0.717) is 0 Å². The van der Waals surface area contributed by atoms with E-state index in [-0.39, 0.29) is 0 Å². The van der Waals surface area contributed by atoms with Crippen LogP contribution < -0.4 is 9.80 Å². The first-order chi connectivity index (χ1) is 29.7. The lowest BCUT2D eigenvalue weighted by atomic mass is 10.00. The quantitative estimate of drug-likeness (QED) is 0.160. The number of benzene rings is 4. The van der Waals surface area contributed by atoms with Crippen molar-refractivity contribution in [2.45, 2.75) is 25.7 Å². The number of guanidine groups is 2. The number of aliphatic imine (C=N–C) groups is 2. The molecule has 4 aliphatic heterocycles. The highest BCUT2D eigenvalue weighted by atomic mass is 15.4. The molecule has 8 heterocycles. The van der Waals surface area contributed by atoms with E-state index in [9.17, 15) is 0 Å². The molecule has 0 unspecified atom stereocenters. The van der Waals surface area contributed by atoms with Crippen LogP contribution in [0.15, 0.2) is 131 Å². The van der Waals surface area contributed by atoms with E-state index in [1.54, 1.807) is 0 Å². The summed E-state index contributed by atoms with van der Waals surface area (Å²) in [4.78, 5) is 40.1. The first-order valence-electron chi connectivity index (χ1n) is 21.5. The van der Waals surface area contributed by atoms with Gasteiger partial charge in [0, 0.05) is 85.0 Å². The SMILES string of the molecule is c1cc(-c2ccc3ccc4ccc(N5CCCN6CCCN=C65)nc4c3n2)ccc1-c1ccc(-c2ccc3ccc4ccc(N5CCCN6CCCN=C65)nc4c3n2)cc1. The van der Waals surface area contributed by atoms with Gasteiger partial charge < -0.3 is 9.80 Å². The van der Waals surface area contributed by atoms with Crippen molar-refractivity contribution in [2.24, 2.45) is 9.98 Å². The Morgan fingerprint density at radius 1 is 0.317 bits per heavy atom. The average molecular weight is 785 g/mol. The molecule has 10 nitrogen and oxygen atoms in total. The lowest BCUT2D eigenvalue weighted by Crippen LogP contribution is -2.52. The van der Waals surface area contributed by atoms with Crippen molar-refractivity contribution in [3.63, 3.8) is 0 Å². The maximum atomic E-state index is 5.24. The Hall–Kier alpha value is -6.94. The van der Waals surface area contributed by atoms with E-state index in [2.05, 4.69) is 141 Å². The third-order valence-corrected chi connectivity index (χ3v) is 12.6. The molecule has 2 saturated heterocycles. The van der Waals surface area contributed by atoms with Crippen LogP contribution >= 0.6 is 0 Å². The number of aromatic nitrogens is 4. The van der Waals surface area contributed by atoms with Crippen LogP contribution in [-0.4, -0.2) is 94.0 Å². The summed E-state index contributed by atoms with van der Waals surface area (Å²) in [7, 11) is 0. The molecule has 10 heteroatoms. The van der Waals surface area contributed by atoms with Crippen molar-refractivity contribution < 1.29 is 0 Å². The molecule has 60 heavy (non-hydrogen) atoms. The molecule has 4 aromatic carbocycles. The molecule has 0 aliphatic carbocycles. The molecule has 12 rings (SSSR count). The van der Waals surface area contributed by atoms with E-state index >= 15 is 0 Å². The Morgan fingerprint density at radius 2 is 0.667 bits per heavy atom. The summed E-state index contributed by atoms with van der Waals surface area (Å²) in [5.74, 6) is 4.01. The summed E-state index contributed by atoms with van der Waals surface area (Å²) in [6, 6.07) is 43.2. The minimum absolute atomic E-state index is 0.878. The summed E-state index contributed by atoms with van der Waals surface area (Å²) in [5, 5.41) is 4.35. The van der Waals surface area contributed by atoms with Gasteiger partial charge in [0.2, 0.25) is 11.9 Å². The highest BCUT2D eigenvalue weighted by Crippen LogP contribution is 2.33. The summed E-state index contributed by atoms with van der Waals surface area (Å²) >= 11 is 0. The topological polar surface area (TPSA) is 89.2 Å². The lowest BCUT2D eigenvalue weighted by molar-refractivity contribution is 0.359. The van der Waals surface area contributed by atoms with Crippen LogP contribution in [0.3, 0.4) is 0 Å². The van der Waals surface area contributed by atoms with Gasteiger partial charge in [0.05, 0.1) is 33.5 Å². The van der Waals surface area contributed by atoms with Crippen molar-refractivity contribution in [1.82, 2.24) is 29.7 Å². The monoisotopic (exact) mass is 784 g/mol. The molecule has 0 bridgehead atoms. The van der Waals surface area contributed by atoms with Gasteiger partial charge in [-0.15, -0.1) is 0 Å². The highest BCUT2D eigenvalue weighted by Gasteiger charge is 2.29. The van der Waals surface area contributed by atoms with Crippen molar-refractivity contribution in [3.8, 4) is 33.6 Å². The van der Waals surface area contributed by atoms with Gasteiger partial charge in [-0.3, -0.25) is 19.8 Å². The summed E-state index contributed by atoms with van der Waals surface area (Å²) < 4.78 is 0. The predicted molar refractivity (Wildman–Crippen MR) is 245 cm³/mol. The standard InChI is InChI=1S/C50H44N10/c1-25-51-49-57(27-1)29-3-31-59(49)43-23-19-39-15-13-37-17-21-41(53-45(37)47(39)55-43)35-9-5-33(6-10-35)34-7-11-36(12-8-34)42-22-18-38-14-16-40-20-24-44(56-48(40)46(38)54-42)60-32-4-30-58-28-2-26-52-50(58)60/h5-24H,1-4,25-32H2. The Morgan fingerprint density at radius 3 is 1.10 bits per heavy atom. The van der Waals surface area contributed by atoms with Gasteiger partial charge in [-0.25, -0.2) is 19.9 Å². The number of anilines is 2. The number of nitrogens with zero attached hydrogens (tertiary/aromatic N) is 10. The first kappa shape index (κ1) is 35.0. The van der Waals surface area contributed by atoms with E-state index in [1.807, 2.05) is 0 Å². The van der Waals surface area contributed by atoms with Gasteiger partial charge in [0.15, 0.2) is 0 Å². The molecule has 0 spiro atoms. The minimum Gasteiger partial charge on any atom is -0.342 e. The molecule has 8 aromatic rings. The summed E-state index contributed by atoms with van der Waals surface area (Å²) in [6.45, 7) is 7.88. The average Bonchev–Trinajstić information content (AvgIpc) is 3.33. The Balaban J connectivity index is 0.820. The normalized spacial score (nSPS) is 16.9. The van der Waals surface area contributed by atoms with Crippen molar-refractivity contribution >= 4 is 67.2 Å². The maximum Gasteiger partial charge on any atom is 0.202 e. The molecule has 0 radical (unpaired) electrons. The van der Waals surface area contributed by atoms with Crippen LogP contribution in [0.25, 0.3) is 77.3 Å². The van der Waals surface area contributed by atoms with Gasteiger partial charge in [-0.2, -0.15) is 0 Å². The van der Waals surface area contributed by atoms with E-state index < -0.39 is 0 Å². The van der Waals surface area contributed by atoms with Gasteiger partial charge in [-0.05, 0) is 73.2 Å². The second-order valence-corrected chi connectivity index (χ2v) is 16.4. The summed E-state index contributed by atoms with van der Waals surface area (Å²) in [6.07, 6.45) is 4.43. The van der Waals surface area contributed by atoms with Gasteiger partial charge in [0.1, 0.15) is 11.6 Å². The molecule has 4 aromatic heterocycles. The third kappa shape index (κ3) is 6.08. The fourth-order valence-corrected chi connectivity index (χ4v) is 9.49. The molecule has 0 amide bonds. The van der Waals surface area contributed by atoms with Crippen LogP contribution in [0.2, 0.25) is 0 Å². The van der Waals surface area contributed by atoms with Crippen LogP contribution in [-0.2, 0) is 0 Å². The highest BCUT2D eigenvalue weighted by molar-refractivity contribution is 6.06. The second-order valence-electron chi connectivity index (χ2n) is 16.4. The Labute approximate surface area is 348 Å². The van der Waals surface area contributed by atoms with Crippen LogP contribution in [0.4, 0.5) is 11.6 Å². The molecule has 0 saturated carbocycles. The molecular weight excluding hydrogens is 741 g/mol. The molecule has 2 fully saturated rings. The summed E-state index contributed by atoms with van der Waals surface area (Å²) in [5.41, 5.74) is 10.0. The molecular formula is C50H44N10. The zero-order valence-corrected chi connectivity index (χ0v) is 33.5. The number of fused-ring (bicyclic) bond motifs is 8. The van der Waals surface area contributed by atoms with Crippen LogP contribution in [0.5, 0.6) is 0 Å². The van der Waals surface area contributed by atoms with E-state index in [0.717, 1.165) is 179 Å². The number of rotatable bonds is 5.